The van der Waals surface area contributed by atoms with E-state index in [4.69, 9.17) is 0 Å². The molecule has 0 radical (unpaired) electrons. The Kier molecular flexibility index (Phi) is 4.89. The summed E-state index contributed by atoms with van der Waals surface area (Å²) in [6.45, 7) is 3.29. The highest BCUT2D eigenvalue weighted by atomic mass is 16.3. The normalized spacial score (nSPS) is 11.8. The Morgan fingerprint density at radius 1 is 0.962 bits per heavy atom. The van der Waals surface area contributed by atoms with Gasteiger partial charge in [0.2, 0.25) is 5.91 Å². The van der Waals surface area contributed by atoms with Crippen LogP contribution in [0.1, 0.15) is 35.8 Å². The molecule has 0 heterocycles. The van der Waals surface area contributed by atoms with Gasteiger partial charge < -0.3 is 15.7 Å². The first-order chi connectivity index (χ1) is 12.4. The lowest BCUT2D eigenvalue weighted by atomic mass is 10.0. The van der Waals surface area contributed by atoms with Gasteiger partial charge in [0.05, 0.1) is 11.6 Å². The molecule has 0 saturated heterocycles. The standard InChI is InChI=1S/C21H20N2O3/c1-13(15-8-5-9-18(10-15)23-14(2)24)22-21(26)19-11-16-6-3-4-7-17(16)12-20(19)25/h3-13,25H,1-2H3,(H,22,26)(H,23,24). The summed E-state index contributed by atoms with van der Waals surface area (Å²) in [4.78, 5) is 23.8. The number of rotatable bonds is 4. The fourth-order valence-electron chi connectivity index (χ4n) is 2.86. The van der Waals surface area contributed by atoms with E-state index in [9.17, 15) is 14.7 Å². The molecular formula is C21H20N2O3. The highest BCUT2D eigenvalue weighted by molar-refractivity contribution is 6.01. The predicted octanol–water partition coefficient (Wildman–Crippen LogP) is 3.99. The zero-order chi connectivity index (χ0) is 18.7. The van der Waals surface area contributed by atoms with Crippen LogP contribution < -0.4 is 10.6 Å². The van der Waals surface area contributed by atoms with E-state index in [2.05, 4.69) is 10.6 Å². The van der Waals surface area contributed by atoms with Crippen LogP contribution in [-0.4, -0.2) is 16.9 Å². The second-order valence-electron chi connectivity index (χ2n) is 6.22. The third kappa shape index (κ3) is 3.83. The van der Waals surface area contributed by atoms with E-state index in [1.807, 2.05) is 49.4 Å². The van der Waals surface area contributed by atoms with Crippen molar-refractivity contribution in [1.82, 2.24) is 5.32 Å². The monoisotopic (exact) mass is 348 g/mol. The molecule has 0 aliphatic carbocycles. The van der Waals surface area contributed by atoms with Crippen LogP contribution >= 0.6 is 0 Å². The van der Waals surface area contributed by atoms with E-state index in [0.29, 0.717) is 5.69 Å². The maximum atomic E-state index is 12.6. The molecular weight excluding hydrogens is 328 g/mol. The largest absolute Gasteiger partial charge is 0.507 e. The zero-order valence-corrected chi connectivity index (χ0v) is 14.6. The SMILES string of the molecule is CC(=O)Nc1cccc(C(C)NC(=O)c2cc3ccccc3cc2O)c1. The highest BCUT2D eigenvalue weighted by Crippen LogP contribution is 2.26. The zero-order valence-electron chi connectivity index (χ0n) is 14.6. The minimum Gasteiger partial charge on any atom is -0.507 e. The molecule has 1 unspecified atom stereocenters. The molecule has 5 heteroatoms. The lowest BCUT2D eigenvalue weighted by Crippen LogP contribution is -2.26. The number of aromatic hydroxyl groups is 1. The van der Waals surface area contributed by atoms with Crippen molar-refractivity contribution < 1.29 is 14.7 Å². The van der Waals surface area contributed by atoms with Crippen LogP contribution in [0.5, 0.6) is 5.75 Å². The molecule has 0 aliphatic rings. The predicted molar refractivity (Wildman–Crippen MR) is 102 cm³/mol. The Hall–Kier alpha value is -3.34. The van der Waals surface area contributed by atoms with Crippen LogP contribution in [0.15, 0.2) is 60.7 Å². The molecule has 26 heavy (non-hydrogen) atoms. The van der Waals surface area contributed by atoms with Crippen LogP contribution in [0.3, 0.4) is 0 Å². The van der Waals surface area contributed by atoms with Gasteiger partial charge in [-0.05, 0) is 47.5 Å². The van der Waals surface area contributed by atoms with Gasteiger partial charge in [-0.2, -0.15) is 0 Å². The van der Waals surface area contributed by atoms with Crippen molar-refractivity contribution in [2.75, 3.05) is 5.32 Å². The molecule has 3 N–H and O–H groups in total. The molecule has 0 fully saturated rings. The van der Waals surface area contributed by atoms with Gasteiger partial charge in [-0.25, -0.2) is 0 Å². The Morgan fingerprint density at radius 3 is 2.35 bits per heavy atom. The van der Waals surface area contributed by atoms with Gasteiger partial charge in [0, 0.05) is 12.6 Å². The third-order valence-electron chi connectivity index (χ3n) is 4.16. The Morgan fingerprint density at radius 2 is 1.65 bits per heavy atom. The second-order valence-corrected chi connectivity index (χ2v) is 6.22. The smallest absolute Gasteiger partial charge is 0.255 e. The van der Waals surface area contributed by atoms with Gasteiger partial charge in [-0.3, -0.25) is 9.59 Å². The van der Waals surface area contributed by atoms with Crippen LogP contribution in [0.25, 0.3) is 10.8 Å². The summed E-state index contributed by atoms with van der Waals surface area (Å²) in [5.74, 6) is -0.564. The van der Waals surface area contributed by atoms with Gasteiger partial charge in [0.1, 0.15) is 5.75 Å². The van der Waals surface area contributed by atoms with Crippen molar-refractivity contribution in [3.63, 3.8) is 0 Å². The molecule has 3 aromatic rings. The Bertz CT molecular complexity index is 982. The molecule has 0 aliphatic heterocycles. The Labute approximate surface area is 151 Å². The van der Waals surface area contributed by atoms with E-state index < -0.39 is 0 Å². The lowest BCUT2D eigenvalue weighted by Gasteiger charge is -2.16. The van der Waals surface area contributed by atoms with Crippen molar-refractivity contribution in [2.24, 2.45) is 0 Å². The van der Waals surface area contributed by atoms with Crippen molar-refractivity contribution in [3.05, 3.63) is 71.8 Å². The van der Waals surface area contributed by atoms with E-state index in [0.717, 1.165) is 16.3 Å². The number of benzene rings is 3. The number of phenols is 1. The number of fused-ring (bicyclic) bond motifs is 1. The summed E-state index contributed by atoms with van der Waals surface area (Å²) >= 11 is 0. The summed E-state index contributed by atoms with van der Waals surface area (Å²) in [7, 11) is 0. The number of hydrogen-bond donors (Lipinski definition) is 3. The number of hydrogen-bond acceptors (Lipinski definition) is 3. The van der Waals surface area contributed by atoms with Crippen molar-refractivity contribution in [2.45, 2.75) is 19.9 Å². The summed E-state index contributed by atoms with van der Waals surface area (Å²) in [6.07, 6.45) is 0. The number of carbonyl (C=O) groups is 2. The van der Waals surface area contributed by atoms with Crippen LogP contribution in [0.2, 0.25) is 0 Å². The minimum atomic E-state index is -0.356. The Balaban J connectivity index is 1.81. The number of amides is 2. The second kappa shape index (κ2) is 7.27. The first kappa shape index (κ1) is 17.5. The van der Waals surface area contributed by atoms with Crippen molar-refractivity contribution in [1.29, 1.82) is 0 Å². The summed E-state index contributed by atoms with van der Waals surface area (Å²) < 4.78 is 0. The van der Waals surface area contributed by atoms with Crippen molar-refractivity contribution in [3.8, 4) is 5.75 Å². The van der Waals surface area contributed by atoms with Gasteiger partial charge in [0.25, 0.3) is 5.91 Å². The van der Waals surface area contributed by atoms with E-state index in [1.54, 1.807) is 18.2 Å². The topological polar surface area (TPSA) is 78.4 Å². The molecule has 3 aromatic carbocycles. The number of carbonyl (C=O) groups excluding carboxylic acids is 2. The quantitative estimate of drug-likeness (QED) is 0.667. The fourth-order valence-corrected chi connectivity index (χ4v) is 2.86. The average Bonchev–Trinajstić information content (AvgIpc) is 2.60. The molecule has 0 bridgehead atoms. The number of anilines is 1. The van der Waals surface area contributed by atoms with Crippen LogP contribution in [0, 0.1) is 0 Å². The molecule has 2 amide bonds. The van der Waals surface area contributed by atoms with Gasteiger partial charge in [-0.15, -0.1) is 0 Å². The third-order valence-corrected chi connectivity index (χ3v) is 4.16. The van der Waals surface area contributed by atoms with E-state index >= 15 is 0 Å². The summed E-state index contributed by atoms with van der Waals surface area (Å²) in [6, 6.07) is 17.8. The molecule has 5 nitrogen and oxygen atoms in total. The van der Waals surface area contributed by atoms with Crippen LogP contribution in [0.4, 0.5) is 5.69 Å². The van der Waals surface area contributed by atoms with Gasteiger partial charge >= 0.3 is 0 Å². The first-order valence-corrected chi connectivity index (χ1v) is 8.34. The minimum absolute atomic E-state index is 0.0552. The van der Waals surface area contributed by atoms with E-state index in [-0.39, 0.29) is 29.2 Å². The molecule has 0 aromatic heterocycles. The van der Waals surface area contributed by atoms with Crippen LogP contribution in [-0.2, 0) is 4.79 Å². The molecule has 1 atom stereocenters. The maximum absolute atomic E-state index is 12.6. The number of phenolic OH excluding ortho intramolecular Hbond substituents is 1. The van der Waals surface area contributed by atoms with Gasteiger partial charge in [0.15, 0.2) is 0 Å². The van der Waals surface area contributed by atoms with Crippen molar-refractivity contribution >= 4 is 28.3 Å². The van der Waals surface area contributed by atoms with Gasteiger partial charge in [-0.1, -0.05) is 36.4 Å². The highest BCUT2D eigenvalue weighted by Gasteiger charge is 2.16. The molecule has 0 saturated carbocycles. The lowest BCUT2D eigenvalue weighted by molar-refractivity contribution is -0.114. The van der Waals surface area contributed by atoms with E-state index in [1.165, 1.54) is 6.92 Å². The summed E-state index contributed by atoms with van der Waals surface area (Å²) in [5, 5.41) is 17.6. The molecule has 3 rings (SSSR count). The first-order valence-electron chi connectivity index (χ1n) is 8.34. The fraction of sp³-hybridized carbons (Fsp3) is 0.143. The average molecular weight is 348 g/mol. The molecule has 132 valence electrons. The summed E-state index contributed by atoms with van der Waals surface area (Å²) in [5.41, 5.74) is 1.75. The number of nitrogens with one attached hydrogen (secondary N) is 2. The maximum Gasteiger partial charge on any atom is 0.255 e. The molecule has 0 spiro atoms.